The SMILES string of the molecule is Cc1cc(Br)c(NC(=O)c2cnn3ccccc23)cc1N. The van der Waals surface area contributed by atoms with Crippen LogP contribution in [0.1, 0.15) is 15.9 Å². The van der Waals surface area contributed by atoms with Crippen LogP contribution in [-0.2, 0) is 0 Å². The Hall–Kier alpha value is -2.34. The van der Waals surface area contributed by atoms with Crippen LogP contribution in [0, 0.1) is 6.92 Å². The van der Waals surface area contributed by atoms with E-state index in [0.29, 0.717) is 16.9 Å². The molecule has 106 valence electrons. The van der Waals surface area contributed by atoms with Gasteiger partial charge in [-0.2, -0.15) is 5.10 Å². The van der Waals surface area contributed by atoms with Crippen LogP contribution >= 0.6 is 15.9 Å². The molecular weight excluding hydrogens is 332 g/mol. The number of pyridine rings is 1. The van der Waals surface area contributed by atoms with Gasteiger partial charge >= 0.3 is 0 Å². The fraction of sp³-hybridized carbons (Fsp3) is 0.0667. The summed E-state index contributed by atoms with van der Waals surface area (Å²) in [5.74, 6) is -0.222. The molecule has 0 bridgehead atoms. The van der Waals surface area contributed by atoms with Crippen LogP contribution in [-0.4, -0.2) is 15.5 Å². The number of hydrogen-bond acceptors (Lipinski definition) is 3. The molecule has 0 aliphatic carbocycles. The third-order valence-electron chi connectivity index (χ3n) is 3.28. The number of aryl methyl sites for hydroxylation is 1. The van der Waals surface area contributed by atoms with Crippen molar-refractivity contribution in [3.63, 3.8) is 0 Å². The predicted octanol–water partition coefficient (Wildman–Crippen LogP) is 3.24. The molecule has 3 aromatic rings. The minimum atomic E-state index is -0.222. The van der Waals surface area contributed by atoms with Gasteiger partial charge in [0.25, 0.3) is 5.91 Å². The number of rotatable bonds is 2. The van der Waals surface area contributed by atoms with Crippen molar-refractivity contribution in [2.24, 2.45) is 0 Å². The van der Waals surface area contributed by atoms with Gasteiger partial charge in [0.05, 0.1) is 23.0 Å². The van der Waals surface area contributed by atoms with Gasteiger partial charge in [-0.3, -0.25) is 4.79 Å². The molecule has 0 saturated heterocycles. The first-order valence-electron chi connectivity index (χ1n) is 6.35. The number of nitrogens with two attached hydrogens (primary N) is 1. The highest BCUT2D eigenvalue weighted by Crippen LogP contribution is 2.28. The Balaban J connectivity index is 1.95. The summed E-state index contributed by atoms with van der Waals surface area (Å²) in [7, 11) is 0. The van der Waals surface area contributed by atoms with Gasteiger partial charge in [0.2, 0.25) is 0 Å². The van der Waals surface area contributed by atoms with Crippen molar-refractivity contribution in [2.75, 3.05) is 11.1 Å². The van der Waals surface area contributed by atoms with Gasteiger partial charge in [0.15, 0.2) is 0 Å². The normalized spacial score (nSPS) is 10.8. The minimum Gasteiger partial charge on any atom is -0.398 e. The van der Waals surface area contributed by atoms with E-state index in [9.17, 15) is 4.79 Å². The topological polar surface area (TPSA) is 72.4 Å². The number of hydrogen-bond donors (Lipinski definition) is 2. The summed E-state index contributed by atoms with van der Waals surface area (Å²) in [6, 6.07) is 9.19. The van der Waals surface area contributed by atoms with Crippen LogP contribution in [0.15, 0.2) is 47.2 Å². The van der Waals surface area contributed by atoms with E-state index in [-0.39, 0.29) is 5.91 Å². The Morgan fingerprint density at radius 1 is 1.38 bits per heavy atom. The van der Waals surface area contributed by atoms with E-state index >= 15 is 0 Å². The maximum Gasteiger partial charge on any atom is 0.259 e. The summed E-state index contributed by atoms with van der Waals surface area (Å²) in [4.78, 5) is 12.4. The van der Waals surface area contributed by atoms with E-state index < -0.39 is 0 Å². The molecule has 21 heavy (non-hydrogen) atoms. The lowest BCUT2D eigenvalue weighted by atomic mass is 10.1. The minimum absolute atomic E-state index is 0.222. The molecule has 2 heterocycles. The average molecular weight is 345 g/mol. The standard InChI is InChI=1S/C15H13BrN4O/c1-9-6-11(16)13(7-12(9)17)19-15(21)10-8-18-20-5-3-2-4-14(10)20/h2-8H,17H2,1H3,(H,19,21). The molecule has 0 fully saturated rings. The first-order chi connectivity index (χ1) is 10.1. The maximum atomic E-state index is 12.4. The van der Waals surface area contributed by atoms with Crippen molar-refractivity contribution in [3.8, 4) is 0 Å². The number of carbonyl (C=O) groups is 1. The molecule has 2 aromatic heterocycles. The zero-order valence-electron chi connectivity index (χ0n) is 11.3. The molecule has 0 atom stereocenters. The van der Waals surface area contributed by atoms with Crippen LogP contribution in [0.3, 0.4) is 0 Å². The van der Waals surface area contributed by atoms with Gasteiger partial charge in [0.1, 0.15) is 0 Å². The zero-order valence-corrected chi connectivity index (χ0v) is 12.9. The van der Waals surface area contributed by atoms with Crippen molar-refractivity contribution < 1.29 is 4.79 Å². The number of benzene rings is 1. The first-order valence-corrected chi connectivity index (χ1v) is 7.15. The van der Waals surface area contributed by atoms with E-state index in [2.05, 4.69) is 26.3 Å². The summed E-state index contributed by atoms with van der Waals surface area (Å²) in [6.07, 6.45) is 3.35. The fourth-order valence-electron chi connectivity index (χ4n) is 2.08. The number of anilines is 2. The second kappa shape index (κ2) is 5.21. The first kappa shape index (κ1) is 13.6. The second-order valence-corrected chi connectivity index (χ2v) is 5.59. The third kappa shape index (κ3) is 2.50. The van der Waals surface area contributed by atoms with Crippen LogP contribution in [0.2, 0.25) is 0 Å². The molecule has 0 spiro atoms. The molecule has 3 rings (SSSR count). The number of amides is 1. The average Bonchev–Trinajstić information content (AvgIpc) is 2.88. The van der Waals surface area contributed by atoms with Crippen molar-refractivity contribution in [1.82, 2.24) is 9.61 Å². The van der Waals surface area contributed by atoms with Crippen LogP contribution < -0.4 is 11.1 Å². The number of fused-ring (bicyclic) bond motifs is 1. The number of nitrogen functional groups attached to an aromatic ring is 1. The van der Waals surface area contributed by atoms with Crippen LogP contribution in [0.25, 0.3) is 5.52 Å². The Morgan fingerprint density at radius 3 is 3.00 bits per heavy atom. The number of aromatic nitrogens is 2. The van der Waals surface area contributed by atoms with E-state index in [1.807, 2.05) is 31.2 Å². The van der Waals surface area contributed by atoms with Gasteiger partial charge in [-0.15, -0.1) is 0 Å². The molecule has 0 aliphatic rings. The molecule has 0 aliphatic heterocycles. The Bertz CT molecular complexity index is 841. The third-order valence-corrected chi connectivity index (χ3v) is 3.93. The van der Waals surface area contributed by atoms with Gasteiger partial charge in [-0.25, -0.2) is 4.52 Å². The largest absolute Gasteiger partial charge is 0.398 e. The molecule has 0 saturated carbocycles. The summed E-state index contributed by atoms with van der Waals surface area (Å²) < 4.78 is 2.45. The zero-order chi connectivity index (χ0) is 15.0. The Kier molecular flexibility index (Phi) is 3.39. The van der Waals surface area contributed by atoms with E-state index in [4.69, 9.17) is 5.73 Å². The Labute approximate surface area is 129 Å². The molecule has 1 aromatic carbocycles. The molecule has 5 nitrogen and oxygen atoms in total. The number of nitrogens with zero attached hydrogens (tertiary/aromatic N) is 2. The monoisotopic (exact) mass is 344 g/mol. The smallest absolute Gasteiger partial charge is 0.259 e. The van der Waals surface area contributed by atoms with Gasteiger partial charge in [0, 0.05) is 16.4 Å². The van der Waals surface area contributed by atoms with Crippen molar-refractivity contribution in [1.29, 1.82) is 0 Å². The number of halogens is 1. The lowest BCUT2D eigenvalue weighted by Crippen LogP contribution is -2.12. The highest BCUT2D eigenvalue weighted by molar-refractivity contribution is 9.10. The van der Waals surface area contributed by atoms with E-state index in [0.717, 1.165) is 15.6 Å². The maximum absolute atomic E-state index is 12.4. The molecule has 1 amide bonds. The summed E-state index contributed by atoms with van der Waals surface area (Å²) in [5, 5.41) is 7.01. The van der Waals surface area contributed by atoms with Gasteiger partial charge in [-0.1, -0.05) is 6.07 Å². The molecule has 0 unspecified atom stereocenters. The highest BCUT2D eigenvalue weighted by Gasteiger charge is 2.14. The molecule has 3 N–H and O–H groups in total. The van der Waals surface area contributed by atoms with Gasteiger partial charge in [-0.05, 0) is 52.7 Å². The fourth-order valence-corrected chi connectivity index (χ4v) is 2.64. The van der Waals surface area contributed by atoms with Crippen molar-refractivity contribution >= 4 is 38.7 Å². The quantitative estimate of drug-likeness (QED) is 0.701. The Morgan fingerprint density at radius 2 is 2.19 bits per heavy atom. The number of carbonyl (C=O) groups excluding carboxylic acids is 1. The van der Waals surface area contributed by atoms with Crippen LogP contribution in [0.4, 0.5) is 11.4 Å². The van der Waals surface area contributed by atoms with Crippen LogP contribution in [0.5, 0.6) is 0 Å². The second-order valence-electron chi connectivity index (χ2n) is 4.73. The molecular formula is C15H13BrN4O. The summed E-state index contributed by atoms with van der Waals surface area (Å²) >= 11 is 3.43. The van der Waals surface area contributed by atoms with Gasteiger partial charge < -0.3 is 11.1 Å². The summed E-state index contributed by atoms with van der Waals surface area (Å²) in [6.45, 7) is 1.91. The lowest BCUT2D eigenvalue weighted by molar-refractivity contribution is 0.102. The predicted molar refractivity (Wildman–Crippen MR) is 86.4 cm³/mol. The van der Waals surface area contributed by atoms with Crippen molar-refractivity contribution in [3.05, 3.63) is 58.3 Å². The summed E-state index contributed by atoms with van der Waals surface area (Å²) in [5.41, 5.74) is 9.38. The number of nitrogens with one attached hydrogen (secondary N) is 1. The molecule has 0 radical (unpaired) electrons. The van der Waals surface area contributed by atoms with E-state index in [1.165, 1.54) is 0 Å². The lowest BCUT2D eigenvalue weighted by Gasteiger charge is -2.09. The molecule has 6 heteroatoms. The van der Waals surface area contributed by atoms with Crippen molar-refractivity contribution in [2.45, 2.75) is 6.92 Å². The van der Waals surface area contributed by atoms with E-state index in [1.54, 1.807) is 23.0 Å². The highest BCUT2D eigenvalue weighted by atomic mass is 79.9.